The number of rotatable bonds is 1. The minimum absolute atomic E-state index is 0.0154. The third kappa shape index (κ3) is 1.62. The second-order valence-corrected chi connectivity index (χ2v) is 2.73. The molecule has 0 unspecified atom stereocenters. The predicted octanol–water partition coefficient (Wildman–Crippen LogP) is 2.10. The van der Waals surface area contributed by atoms with Crippen LogP contribution >= 0.6 is 11.6 Å². The molecule has 1 N–H and O–H groups in total. The van der Waals surface area contributed by atoms with Crippen molar-refractivity contribution in [3.63, 3.8) is 0 Å². The molecule has 0 aliphatic heterocycles. The van der Waals surface area contributed by atoms with Crippen LogP contribution in [0.4, 0.5) is 0 Å². The fraction of sp³-hybridized carbons (Fsp3) is 0. The highest BCUT2D eigenvalue weighted by Gasteiger charge is 2.06. The van der Waals surface area contributed by atoms with Gasteiger partial charge < -0.3 is 9.52 Å². The van der Waals surface area contributed by atoms with Crippen LogP contribution in [0.15, 0.2) is 28.7 Å². The second-order valence-electron chi connectivity index (χ2n) is 2.41. The SMILES string of the molecule is Oc1cccc(-c2nnc(Cl)o2)c1. The largest absolute Gasteiger partial charge is 0.508 e. The topological polar surface area (TPSA) is 59.2 Å². The fourth-order valence-corrected chi connectivity index (χ4v) is 1.07. The normalized spacial score (nSPS) is 10.2. The Morgan fingerprint density at radius 2 is 2.15 bits per heavy atom. The molecule has 4 nitrogen and oxygen atoms in total. The number of aromatic hydroxyl groups is 1. The summed E-state index contributed by atoms with van der Waals surface area (Å²) in [6, 6.07) is 6.50. The Morgan fingerprint density at radius 1 is 1.31 bits per heavy atom. The van der Waals surface area contributed by atoms with Crippen LogP contribution in [0.2, 0.25) is 5.35 Å². The van der Waals surface area contributed by atoms with E-state index in [9.17, 15) is 0 Å². The van der Waals surface area contributed by atoms with E-state index in [1.165, 1.54) is 6.07 Å². The maximum atomic E-state index is 9.16. The Kier molecular flexibility index (Phi) is 1.90. The van der Waals surface area contributed by atoms with Gasteiger partial charge in [0.05, 0.1) is 0 Å². The van der Waals surface area contributed by atoms with Gasteiger partial charge in [-0.25, -0.2) is 0 Å². The quantitative estimate of drug-likeness (QED) is 0.759. The molecule has 0 saturated carbocycles. The molecule has 0 atom stereocenters. The molecule has 0 amide bonds. The minimum atomic E-state index is -0.0154. The lowest BCUT2D eigenvalue weighted by molar-refractivity contribution is 0.475. The van der Waals surface area contributed by atoms with Gasteiger partial charge >= 0.3 is 5.35 Å². The Balaban J connectivity index is 2.46. The second kappa shape index (κ2) is 3.06. The van der Waals surface area contributed by atoms with Crippen LogP contribution < -0.4 is 0 Å². The van der Waals surface area contributed by atoms with Gasteiger partial charge in [0.15, 0.2) is 0 Å². The maximum absolute atomic E-state index is 9.16. The predicted molar refractivity (Wildman–Crippen MR) is 46.4 cm³/mol. The molecule has 2 rings (SSSR count). The maximum Gasteiger partial charge on any atom is 0.313 e. The smallest absolute Gasteiger partial charge is 0.313 e. The number of phenolic OH excluding ortho intramolecular Hbond substituents is 1. The molecule has 13 heavy (non-hydrogen) atoms. The Labute approximate surface area is 78.8 Å². The van der Waals surface area contributed by atoms with Crippen LogP contribution in [0.1, 0.15) is 0 Å². The molecular weight excluding hydrogens is 192 g/mol. The van der Waals surface area contributed by atoms with E-state index in [1.807, 2.05) is 0 Å². The molecule has 1 aromatic carbocycles. The average Bonchev–Trinajstić information content (AvgIpc) is 2.52. The van der Waals surface area contributed by atoms with E-state index >= 15 is 0 Å². The Hall–Kier alpha value is -1.55. The van der Waals surface area contributed by atoms with Gasteiger partial charge in [-0.15, -0.1) is 5.10 Å². The fourth-order valence-electron chi connectivity index (χ4n) is 0.961. The zero-order chi connectivity index (χ0) is 9.26. The highest BCUT2D eigenvalue weighted by atomic mass is 35.5. The number of benzene rings is 1. The monoisotopic (exact) mass is 196 g/mol. The van der Waals surface area contributed by atoms with Crippen LogP contribution in [0, 0.1) is 0 Å². The van der Waals surface area contributed by atoms with Crippen LogP contribution in [0.25, 0.3) is 11.5 Å². The van der Waals surface area contributed by atoms with Crippen molar-refractivity contribution < 1.29 is 9.52 Å². The number of hydrogen-bond acceptors (Lipinski definition) is 4. The van der Waals surface area contributed by atoms with Crippen LogP contribution in [-0.4, -0.2) is 15.3 Å². The average molecular weight is 197 g/mol. The summed E-state index contributed by atoms with van der Waals surface area (Å²) < 4.78 is 4.96. The molecule has 0 radical (unpaired) electrons. The number of halogens is 1. The summed E-state index contributed by atoms with van der Waals surface area (Å²) in [5.41, 5.74) is 0.638. The number of phenols is 1. The highest BCUT2D eigenvalue weighted by Crippen LogP contribution is 2.22. The lowest BCUT2D eigenvalue weighted by Crippen LogP contribution is -1.76. The van der Waals surface area contributed by atoms with Gasteiger partial charge in [0.25, 0.3) is 0 Å². The number of nitrogens with zero attached hydrogens (tertiary/aromatic N) is 2. The van der Waals surface area contributed by atoms with E-state index in [4.69, 9.17) is 21.1 Å². The van der Waals surface area contributed by atoms with Gasteiger partial charge in [-0.05, 0) is 29.8 Å². The van der Waals surface area contributed by atoms with Crippen molar-refractivity contribution in [2.24, 2.45) is 0 Å². The van der Waals surface area contributed by atoms with Crippen LogP contribution in [0.3, 0.4) is 0 Å². The molecule has 2 aromatic rings. The summed E-state index contributed by atoms with van der Waals surface area (Å²) in [5, 5.41) is 16.3. The molecule has 0 spiro atoms. The van der Waals surface area contributed by atoms with E-state index in [-0.39, 0.29) is 11.1 Å². The molecule has 1 aromatic heterocycles. The van der Waals surface area contributed by atoms with Gasteiger partial charge in [0, 0.05) is 5.56 Å². The summed E-state index contributed by atoms with van der Waals surface area (Å²) in [6.45, 7) is 0. The molecule has 0 fully saturated rings. The van der Waals surface area contributed by atoms with E-state index in [0.29, 0.717) is 11.5 Å². The molecule has 0 aliphatic carbocycles. The number of hydrogen-bond donors (Lipinski definition) is 1. The van der Waals surface area contributed by atoms with E-state index < -0.39 is 0 Å². The van der Waals surface area contributed by atoms with Crippen LogP contribution in [0.5, 0.6) is 5.75 Å². The van der Waals surface area contributed by atoms with E-state index in [0.717, 1.165) is 0 Å². The van der Waals surface area contributed by atoms with Crippen molar-refractivity contribution in [1.82, 2.24) is 10.2 Å². The van der Waals surface area contributed by atoms with Crippen molar-refractivity contribution in [3.05, 3.63) is 29.6 Å². The minimum Gasteiger partial charge on any atom is -0.508 e. The molecule has 5 heteroatoms. The van der Waals surface area contributed by atoms with Crippen LogP contribution in [-0.2, 0) is 0 Å². The van der Waals surface area contributed by atoms with Gasteiger partial charge in [-0.1, -0.05) is 11.2 Å². The van der Waals surface area contributed by atoms with Crippen molar-refractivity contribution in [3.8, 4) is 17.2 Å². The highest BCUT2D eigenvalue weighted by molar-refractivity contribution is 6.27. The third-order valence-corrected chi connectivity index (χ3v) is 1.65. The first-order valence-corrected chi connectivity index (χ1v) is 3.92. The van der Waals surface area contributed by atoms with E-state index in [1.54, 1.807) is 18.2 Å². The van der Waals surface area contributed by atoms with Crippen molar-refractivity contribution in [2.45, 2.75) is 0 Å². The zero-order valence-corrected chi connectivity index (χ0v) is 7.19. The summed E-state index contributed by atoms with van der Waals surface area (Å²) in [4.78, 5) is 0. The van der Waals surface area contributed by atoms with Gasteiger partial charge in [-0.2, -0.15) is 0 Å². The van der Waals surface area contributed by atoms with Crippen molar-refractivity contribution in [2.75, 3.05) is 0 Å². The number of aromatic nitrogens is 2. The summed E-state index contributed by atoms with van der Waals surface area (Å²) in [5.74, 6) is 0.438. The molecule has 0 aliphatic rings. The third-order valence-electron chi connectivity index (χ3n) is 1.49. The van der Waals surface area contributed by atoms with Crippen molar-refractivity contribution >= 4 is 11.6 Å². The van der Waals surface area contributed by atoms with E-state index in [2.05, 4.69) is 10.2 Å². The molecule has 0 bridgehead atoms. The summed E-state index contributed by atoms with van der Waals surface area (Å²) >= 11 is 5.45. The molecule has 0 saturated heterocycles. The molecule has 66 valence electrons. The van der Waals surface area contributed by atoms with Gasteiger partial charge in [0.1, 0.15) is 5.75 Å². The van der Waals surface area contributed by atoms with Gasteiger partial charge in [-0.3, -0.25) is 0 Å². The standard InChI is InChI=1S/C8H5ClN2O2/c9-8-11-10-7(13-8)5-2-1-3-6(12)4-5/h1-4,12H. The lowest BCUT2D eigenvalue weighted by Gasteiger charge is -1.94. The zero-order valence-electron chi connectivity index (χ0n) is 6.44. The lowest BCUT2D eigenvalue weighted by atomic mass is 10.2. The Bertz CT molecular complexity index is 428. The first-order chi connectivity index (χ1) is 6.25. The van der Waals surface area contributed by atoms with Crippen molar-refractivity contribution in [1.29, 1.82) is 0 Å². The summed E-state index contributed by atoms with van der Waals surface area (Å²) in [6.07, 6.45) is 0. The molecular formula is C8H5ClN2O2. The Morgan fingerprint density at radius 3 is 2.77 bits per heavy atom. The first kappa shape index (κ1) is 8.07. The molecule has 1 heterocycles. The first-order valence-electron chi connectivity index (χ1n) is 3.54. The summed E-state index contributed by atoms with van der Waals surface area (Å²) in [7, 11) is 0. The van der Waals surface area contributed by atoms with Gasteiger partial charge in [0.2, 0.25) is 5.89 Å².